The number of rotatable bonds is 9. The molecule has 27 heavy (non-hydrogen) atoms. The number of amides is 1. The van der Waals surface area contributed by atoms with Crippen LogP contribution in [-0.4, -0.2) is 40.3 Å². The van der Waals surface area contributed by atoms with E-state index in [2.05, 4.69) is 21.8 Å². The molecule has 0 spiro atoms. The van der Waals surface area contributed by atoms with Crippen LogP contribution in [0.3, 0.4) is 0 Å². The summed E-state index contributed by atoms with van der Waals surface area (Å²) >= 11 is 1.33. The van der Waals surface area contributed by atoms with Crippen molar-refractivity contribution in [2.45, 2.75) is 50.6 Å². The molecular weight excluding hydrogens is 362 g/mol. The van der Waals surface area contributed by atoms with Crippen molar-refractivity contribution < 1.29 is 14.3 Å². The number of esters is 1. The second-order valence-corrected chi connectivity index (χ2v) is 7.45. The van der Waals surface area contributed by atoms with Gasteiger partial charge in [-0.25, -0.2) is 4.98 Å². The number of aryl methyl sites for hydroxylation is 1. The van der Waals surface area contributed by atoms with Crippen LogP contribution in [0.2, 0.25) is 0 Å². The summed E-state index contributed by atoms with van der Waals surface area (Å²) in [5.41, 5.74) is 2.61. The third-order valence-electron chi connectivity index (χ3n) is 4.35. The molecule has 0 radical (unpaired) electrons. The van der Waals surface area contributed by atoms with Crippen LogP contribution in [0.25, 0.3) is 0 Å². The first-order valence-electron chi connectivity index (χ1n) is 9.09. The number of hydrogen-bond donors (Lipinski definition) is 1. The van der Waals surface area contributed by atoms with Crippen molar-refractivity contribution in [3.05, 3.63) is 47.3 Å². The average molecular weight is 390 g/mol. The largest absolute Gasteiger partial charge is 0.468 e. The summed E-state index contributed by atoms with van der Waals surface area (Å²) in [4.78, 5) is 29.1. The molecule has 0 saturated carbocycles. The number of nitrogens with zero attached hydrogens (tertiary/aromatic N) is 2. The maximum atomic E-state index is 12.3. The van der Waals surface area contributed by atoms with Gasteiger partial charge in [0.05, 0.1) is 12.8 Å². The summed E-state index contributed by atoms with van der Waals surface area (Å²) in [6.45, 7) is 7.17. The lowest BCUT2D eigenvalue weighted by Crippen LogP contribution is -2.35. The van der Waals surface area contributed by atoms with E-state index in [0.717, 1.165) is 35.9 Å². The molecule has 146 valence electrons. The Kier molecular flexibility index (Phi) is 7.91. The predicted octanol–water partition coefficient (Wildman–Crippen LogP) is 3.36. The fourth-order valence-corrected chi connectivity index (χ4v) is 3.76. The summed E-state index contributed by atoms with van der Waals surface area (Å²) in [5.74, 6) is -0.597. The average Bonchev–Trinajstić information content (AvgIpc) is 2.96. The Morgan fingerprint density at radius 1 is 1.26 bits per heavy atom. The molecule has 0 bridgehead atoms. The van der Waals surface area contributed by atoms with Crippen molar-refractivity contribution in [3.63, 3.8) is 0 Å². The van der Waals surface area contributed by atoms with E-state index < -0.39 is 5.25 Å². The maximum Gasteiger partial charge on any atom is 0.321 e. The third kappa shape index (κ3) is 5.60. The first-order valence-corrected chi connectivity index (χ1v) is 9.97. The quantitative estimate of drug-likeness (QED) is 0.526. The van der Waals surface area contributed by atoms with Gasteiger partial charge in [0, 0.05) is 24.3 Å². The molecule has 0 fully saturated rings. The highest BCUT2D eigenvalue weighted by Gasteiger charge is 2.25. The van der Waals surface area contributed by atoms with E-state index in [-0.39, 0.29) is 18.4 Å². The molecule has 2 aromatic rings. The van der Waals surface area contributed by atoms with Gasteiger partial charge in [0.15, 0.2) is 5.16 Å². The Labute approximate surface area is 164 Å². The highest BCUT2D eigenvalue weighted by Crippen LogP contribution is 2.26. The molecule has 1 N–H and O–H groups in total. The normalized spacial score (nSPS) is 11.9. The minimum absolute atomic E-state index is 0.170. The topological polar surface area (TPSA) is 73.2 Å². The van der Waals surface area contributed by atoms with Crippen LogP contribution >= 0.6 is 11.8 Å². The van der Waals surface area contributed by atoms with Crippen molar-refractivity contribution in [1.82, 2.24) is 14.9 Å². The van der Waals surface area contributed by atoms with Crippen LogP contribution in [0.5, 0.6) is 0 Å². The minimum atomic E-state index is -0.566. The SMILES string of the molecule is CCCCn1c(SC(CNC(=O)c2ccccc2)C(=O)OC)nc(C)c1C. The number of hydrogen-bond acceptors (Lipinski definition) is 5. The van der Waals surface area contributed by atoms with Crippen LogP contribution in [0.4, 0.5) is 0 Å². The zero-order chi connectivity index (χ0) is 19.8. The van der Waals surface area contributed by atoms with Crippen molar-refractivity contribution in [1.29, 1.82) is 0 Å². The van der Waals surface area contributed by atoms with Crippen LogP contribution in [0, 0.1) is 13.8 Å². The van der Waals surface area contributed by atoms with Gasteiger partial charge < -0.3 is 14.6 Å². The van der Waals surface area contributed by atoms with Gasteiger partial charge in [-0.1, -0.05) is 43.3 Å². The third-order valence-corrected chi connectivity index (χ3v) is 5.52. The minimum Gasteiger partial charge on any atom is -0.468 e. The summed E-state index contributed by atoms with van der Waals surface area (Å²) in [6.07, 6.45) is 2.12. The summed E-state index contributed by atoms with van der Waals surface area (Å²) in [6, 6.07) is 8.93. The molecule has 1 atom stereocenters. The zero-order valence-corrected chi connectivity index (χ0v) is 17.1. The molecule has 1 heterocycles. The molecular formula is C20H27N3O3S. The number of benzene rings is 1. The summed E-state index contributed by atoms with van der Waals surface area (Å²) in [7, 11) is 1.36. The fraction of sp³-hybridized carbons (Fsp3) is 0.450. The van der Waals surface area contributed by atoms with Crippen LogP contribution < -0.4 is 5.32 Å². The van der Waals surface area contributed by atoms with E-state index in [1.807, 2.05) is 19.9 Å². The van der Waals surface area contributed by atoms with E-state index >= 15 is 0 Å². The van der Waals surface area contributed by atoms with Gasteiger partial charge in [0.25, 0.3) is 5.91 Å². The van der Waals surface area contributed by atoms with Gasteiger partial charge in [0.2, 0.25) is 0 Å². The Balaban J connectivity index is 2.12. The monoisotopic (exact) mass is 389 g/mol. The number of methoxy groups -OCH3 is 1. The molecule has 0 aliphatic carbocycles. The van der Waals surface area contributed by atoms with Crippen molar-refractivity contribution in [3.8, 4) is 0 Å². The first kappa shape index (κ1) is 21.0. The highest BCUT2D eigenvalue weighted by atomic mass is 32.2. The molecule has 1 aromatic heterocycles. The summed E-state index contributed by atoms with van der Waals surface area (Å²) in [5, 5.41) is 3.04. The first-order chi connectivity index (χ1) is 13.0. The van der Waals surface area contributed by atoms with Crippen LogP contribution in [-0.2, 0) is 16.1 Å². The lowest BCUT2D eigenvalue weighted by molar-refractivity contribution is -0.139. The fourth-order valence-electron chi connectivity index (χ4n) is 2.60. The molecule has 1 unspecified atom stereocenters. The zero-order valence-electron chi connectivity index (χ0n) is 16.3. The molecule has 6 nitrogen and oxygen atoms in total. The van der Waals surface area contributed by atoms with Crippen molar-refractivity contribution >= 4 is 23.6 Å². The predicted molar refractivity (Wildman–Crippen MR) is 107 cm³/mol. The molecule has 1 aromatic carbocycles. The number of aromatic nitrogens is 2. The summed E-state index contributed by atoms with van der Waals surface area (Å²) < 4.78 is 7.07. The molecule has 1 amide bonds. The molecule has 2 rings (SSSR count). The van der Waals surface area contributed by atoms with Gasteiger partial charge in [-0.05, 0) is 32.4 Å². The number of carbonyl (C=O) groups is 2. The van der Waals surface area contributed by atoms with E-state index in [1.165, 1.54) is 18.9 Å². The van der Waals surface area contributed by atoms with E-state index in [9.17, 15) is 9.59 Å². The lowest BCUT2D eigenvalue weighted by Gasteiger charge is -2.16. The molecule has 0 saturated heterocycles. The Morgan fingerprint density at radius 3 is 2.59 bits per heavy atom. The van der Waals surface area contributed by atoms with Gasteiger partial charge in [-0.2, -0.15) is 0 Å². The van der Waals surface area contributed by atoms with Gasteiger partial charge in [0.1, 0.15) is 5.25 Å². The number of nitrogens with one attached hydrogen (secondary N) is 1. The molecule has 7 heteroatoms. The smallest absolute Gasteiger partial charge is 0.321 e. The Hall–Kier alpha value is -2.28. The highest BCUT2D eigenvalue weighted by molar-refractivity contribution is 8.00. The lowest BCUT2D eigenvalue weighted by atomic mass is 10.2. The van der Waals surface area contributed by atoms with E-state index in [4.69, 9.17) is 4.74 Å². The number of thioether (sulfide) groups is 1. The maximum absolute atomic E-state index is 12.3. The second kappa shape index (κ2) is 10.2. The standard InChI is InChI=1S/C20H27N3O3S/c1-5-6-12-23-15(3)14(2)22-20(23)27-17(19(25)26-4)13-21-18(24)16-10-8-7-9-11-16/h7-11,17H,5-6,12-13H2,1-4H3,(H,21,24). The van der Waals surface area contributed by atoms with Gasteiger partial charge in [-0.15, -0.1) is 0 Å². The van der Waals surface area contributed by atoms with E-state index in [0.29, 0.717) is 5.56 Å². The van der Waals surface area contributed by atoms with Crippen LogP contribution in [0.15, 0.2) is 35.5 Å². The number of ether oxygens (including phenoxy) is 1. The van der Waals surface area contributed by atoms with Crippen molar-refractivity contribution in [2.75, 3.05) is 13.7 Å². The van der Waals surface area contributed by atoms with Gasteiger partial charge >= 0.3 is 5.97 Å². The van der Waals surface area contributed by atoms with E-state index in [1.54, 1.807) is 24.3 Å². The van der Waals surface area contributed by atoms with Crippen LogP contribution in [0.1, 0.15) is 41.5 Å². The van der Waals surface area contributed by atoms with Gasteiger partial charge in [-0.3, -0.25) is 9.59 Å². The second-order valence-electron chi connectivity index (χ2n) is 6.28. The molecule has 0 aliphatic rings. The number of imidazole rings is 1. The Bertz CT molecular complexity index is 774. The molecule has 0 aliphatic heterocycles. The number of unbranched alkanes of at least 4 members (excludes halogenated alkanes) is 1. The van der Waals surface area contributed by atoms with Crippen molar-refractivity contribution in [2.24, 2.45) is 0 Å². The Morgan fingerprint density at radius 2 is 1.96 bits per heavy atom. The number of carbonyl (C=O) groups excluding carboxylic acids is 2.